The molecule has 3 aliphatic rings. The number of sulfonamides is 1. The molecule has 0 aromatic heterocycles. The summed E-state index contributed by atoms with van der Waals surface area (Å²) in [7, 11) is -3.91. The molecule has 7 nitrogen and oxygen atoms in total. The van der Waals surface area contributed by atoms with Crippen molar-refractivity contribution in [2.75, 3.05) is 19.6 Å². The first-order valence-corrected chi connectivity index (χ1v) is 12.5. The van der Waals surface area contributed by atoms with Gasteiger partial charge in [-0.1, -0.05) is 12.8 Å². The Morgan fingerprint density at radius 1 is 1.13 bits per heavy atom. The Labute approximate surface area is 178 Å². The average Bonchev–Trinajstić information content (AvgIpc) is 3.27. The molecular formula is C22H31N3O4S. The maximum absolute atomic E-state index is 12.8. The molecule has 164 valence electrons. The molecular weight excluding hydrogens is 402 g/mol. The first-order chi connectivity index (χ1) is 14.3. The van der Waals surface area contributed by atoms with Crippen LogP contribution in [0, 0.1) is 5.92 Å². The van der Waals surface area contributed by atoms with Gasteiger partial charge in [-0.15, -0.1) is 0 Å². The Morgan fingerprint density at radius 3 is 2.43 bits per heavy atom. The van der Waals surface area contributed by atoms with E-state index in [-0.39, 0.29) is 28.0 Å². The van der Waals surface area contributed by atoms with Crippen LogP contribution in [0.15, 0.2) is 23.1 Å². The molecule has 2 aliphatic heterocycles. The second-order valence-electron chi connectivity index (χ2n) is 9.11. The quantitative estimate of drug-likeness (QED) is 0.771. The van der Waals surface area contributed by atoms with Crippen molar-refractivity contribution in [2.45, 2.75) is 69.4 Å². The molecule has 1 saturated heterocycles. The Balaban J connectivity index is 1.39. The van der Waals surface area contributed by atoms with Crippen LogP contribution < -0.4 is 5.32 Å². The Morgan fingerprint density at radius 2 is 1.80 bits per heavy atom. The smallest absolute Gasteiger partial charge is 0.269 e. The highest BCUT2D eigenvalue weighted by atomic mass is 32.2. The molecule has 0 radical (unpaired) electrons. The van der Waals surface area contributed by atoms with Gasteiger partial charge in [0.05, 0.1) is 5.56 Å². The van der Waals surface area contributed by atoms with Crippen LogP contribution in [0.5, 0.6) is 0 Å². The third-order valence-electron chi connectivity index (χ3n) is 6.59. The molecule has 4 rings (SSSR count). The number of benzene rings is 1. The molecule has 0 spiro atoms. The van der Waals surface area contributed by atoms with E-state index in [1.54, 1.807) is 19.9 Å². The number of amides is 2. The molecule has 1 saturated carbocycles. The fourth-order valence-electron chi connectivity index (χ4n) is 4.99. The minimum atomic E-state index is -3.91. The largest absolute Gasteiger partial charge is 0.349 e. The van der Waals surface area contributed by atoms with Crippen molar-refractivity contribution >= 4 is 21.8 Å². The molecule has 8 heteroatoms. The monoisotopic (exact) mass is 433 g/mol. The summed E-state index contributed by atoms with van der Waals surface area (Å²) in [4.78, 5) is 27.6. The molecule has 1 N–H and O–H groups in total. The summed E-state index contributed by atoms with van der Waals surface area (Å²) in [6, 6.07) is 3.96. The Kier molecular flexibility index (Phi) is 5.90. The number of piperidine rings is 1. The van der Waals surface area contributed by atoms with Gasteiger partial charge in [0.1, 0.15) is 4.90 Å². The maximum Gasteiger partial charge on any atom is 0.269 e. The lowest BCUT2D eigenvalue weighted by Crippen LogP contribution is -2.45. The van der Waals surface area contributed by atoms with Gasteiger partial charge < -0.3 is 10.2 Å². The van der Waals surface area contributed by atoms with E-state index in [1.807, 2.05) is 0 Å². The van der Waals surface area contributed by atoms with Crippen LogP contribution in [-0.4, -0.2) is 61.2 Å². The number of nitrogens with one attached hydrogen (secondary N) is 1. The van der Waals surface area contributed by atoms with Crippen molar-refractivity contribution in [1.29, 1.82) is 0 Å². The maximum atomic E-state index is 12.8. The fourth-order valence-corrected chi connectivity index (χ4v) is 6.78. The van der Waals surface area contributed by atoms with E-state index in [0.29, 0.717) is 0 Å². The van der Waals surface area contributed by atoms with E-state index in [0.717, 1.165) is 36.2 Å². The molecule has 2 fully saturated rings. The summed E-state index contributed by atoms with van der Waals surface area (Å²) in [6.07, 6.45) is 7.20. The Bertz CT molecular complexity index is 930. The fraction of sp³-hybridized carbons (Fsp3) is 0.636. The number of hydrogen-bond donors (Lipinski definition) is 1. The Hall–Kier alpha value is -1.93. The van der Waals surface area contributed by atoms with Gasteiger partial charge in [-0.05, 0) is 63.6 Å². The van der Waals surface area contributed by atoms with E-state index < -0.39 is 22.0 Å². The van der Waals surface area contributed by atoms with Crippen LogP contribution in [-0.2, 0) is 10.0 Å². The van der Waals surface area contributed by atoms with Crippen molar-refractivity contribution in [3.05, 3.63) is 29.3 Å². The highest BCUT2D eigenvalue weighted by molar-refractivity contribution is 7.90. The van der Waals surface area contributed by atoms with E-state index in [9.17, 15) is 18.0 Å². The third-order valence-corrected chi connectivity index (χ3v) is 8.59. The average molecular weight is 434 g/mol. The minimum absolute atomic E-state index is 0.0692. The van der Waals surface area contributed by atoms with Crippen LogP contribution in [0.4, 0.5) is 0 Å². The highest BCUT2D eigenvalue weighted by Crippen LogP contribution is 2.32. The molecule has 0 bridgehead atoms. The summed E-state index contributed by atoms with van der Waals surface area (Å²) >= 11 is 0. The van der Waals surface area contributed by atoms with E-state index in [4.69, 9.17) is 0 Å². The minimum Gasteiger partial charge on any atom is -0.349 e. The number of carbonyl (C=O) groups excluding carboxylic acids is 2. The predicted octanol–water partition coefficient (Wildman–Crippen LogP) is 2.62. The van der Waals surface area contributed by atoms with E-state index in [2.05, 4.69) is 10.2 Å². The first kappa shape index (κ1) is 21.3. The number of likely N-dealkylation sites (tertiary alicyclic amines) is 1. The molecule has 0 unspecified atom stereocenters. The normalized spacial score (nSPS) is 22.6. The third kappa shape index (κ3) is 3.99. The zero-order chi connectivity index (χ0) is 21.5. The van der Waals surface area contributed by atoms with Gasteiger partial charge in [0.15, 0.2) is 0 Å². The van der Waals surface area contributed by atoms with Gasteiger partial charge in [0.2, 0.25) is 0 Å². The molecule has 1 aromatic rings. The van der Waals surface area contributed by atoms with Crippen LogP contribution in [0.1, 0.15) is 73.1 Å². The van der Waals surface area contributed by atoms with Gasteiger partial charge in [0.25, 0.3) is 21.8 Å². The lowest BCUT2D eigenvalue weighted by atomic mass is 10.0. The predicted molar refractivity (Wildman–Crippen MR) is 114 cm³/mol. The van der Waals surface area contributed by atoms with Crippen molar-refractivity contribution in [3.8, 4) is 0 Å². The second-order valence-corrected chi connectivity index (χ2v) is 10.9. The molecule has 1 aromatic carbocycles. The second kappa shape index (κ2) is 8.30. The van der Waals surface area contributed by atoms with Gasteiger partial charge in [0, 0.05) is 37.3 Å². The summed E-state index contributed by atoms with van der Waals surface area (Å²) in [6.45, 7) is 6.46. The summed E-state index contributed by atoms with van der Waals surface area (Å²) in [5.74, 6) is 0.0249. The molecule has 0 atom stereocenters. The lowest BCUT2D eigenvalue weighted by molar-refractivity contribution is 0.0844. The van der Waals surface area contributed by atoms with Crippen molar-refractivity contribution in [2.24, 2.45) is 5.92 Å². The molecule has 30 heavy (non-hydrogen) atoms. The van der Waals surface area contributed by atoms with Gasteiger partial charge in [-0.25, -0.2) is 12.7 Å². The number of hydrogen-bond acceptors (Lipinski definition) is 5. The number of rotatable bonds is 5. The van der Waals surface area contributed by atoms with Crippen LogP contribution in [0.25, 0.3) is 0 Å². The van der Waals surface area contributed by atoms with Crippen LogP contribution in [0.2, 0.25) is 0 Å². The number of nitrogens with zero attached hydrogens (tertiary/aromatic N) is 2. The standard InChI is InChI=1S/C22H31N3O4S/c1-15(2)25-22(27)19-8-7-17(13-20(19)30(25,28)29)21(26)23-18-9-11-24(12-10-18)14-16-5-3-4-6-16/h7-8,13,15-16,18H,3-6,9-12,14H2,1-2H3,(H,23,26). The zero-order valence-corrected chi connectivity index (χ0v) is 18.6. The molecule has 1 aliphatic carbocycles. The SMILES string of the molecule is CC(C)N1C(=O)c2ccc(C(=O)NC3CCN(CC4CCCC4)CC3)cc2S1(=O)=O. The first-order valence-electron chi connectivity index (χ1n) is 11.0. The van der Waals surface area contributed by atoms with Crippen molar-refractivity contribution in [1.82, 2.24) is 14.5 Å². The highest BCUT2D eigenvalue weighted by Gasteiger charge is 2.43. The van der Waals surface area contributed by atoms with Crippen molar-refractivity contribution in [3.63, 3.8) is 0 Å². The topological polar surface area (TPSA) is 86.8 Å². The van der Waals surface area contributed by atoms with Crippen LogP contribution in [0.3, 0.4) is 0 Å². The van der Waals surface area contributed by atoms with Crippen LogP contribution >= 0.6 is 0 Å². The molecule has 2 heterocycles. The molecule has 2 amide bonds. The van der Waals surface area contributed by atoms with Gasteiger partial charge in [-0.2, -0.15) is 0 Å². The summed E-state index contributed by atoms with van der Waals surface area (Å²) in [5.41, 5.74) is 0.421. The number of fused-ring (bicyclic) bond motifs is 1. The lowest BCUT2D eigenvalue weighted by Gasteiger charge is -2.33. The zero-order valence-electron chi connectivity index (χ0n) is 17.8. The van der Waals surface area contributed by atoms with E-state index in [1.165, 1.54) is 44.4 Å². The number of carbonyl (C=O) groups is 2. The van der Waals surface area contributed by atoms with Crippen molar-refractivity contribution < 1.29 is 18.0 Å². The summed E-state index contributed by atoms with van der Waals surface area (Å²) in [5, 5.41) is 3.05. The summed E-state index contributed by atoms with van der Waals surface area (Å²) < 4.78 is 26.4. The van der Waals surface area contributed by atoms with Gasteiger partial charge >= 0.3 is 0 Å². The van der Waals surface area contributed by atoms with E-state index >= 15 is 0 Å². The van der Waals surface area contributed by atoms with Gasteiger partial charge in [-0.3, -0.25) is 9.59 Å².